The molecule has 56 valence electrons. The quantitative estimate of drug-likeness (QED) is 0.438. The van der Waals surface area contributed by atoms with Crippen LogP contribution in [0.2, 0.25) is 0 Å². The first-order valence-corrected chi connectivity index (χ1v) is 2.85. The van der Waals surface area contributed by atoms with E-state index in [1.54, 1.807) is 26.4 Å². The Hall–Kier alpha value is -1.18. The molecule has 0 atom stereocenters. The molecule has 0 aromatic heterocycles. The molecule has 0 aliphatic rings. The first-order chi connectivity index (χ1) is 4.74. The van der Waals surface area contributed by atoms with Crippen molar-refractivity contribution >= 4 is 0 Å². The van der Waals surface area contributed by atoms with Gasteiger partial charge in [0, 0.05) is 6.08 Å². The van der Waals surface area contributed by atoms with Crippen molar-refractivity contribution in [3.8, 4) is 0 Å². The third kappa shape index (κ3) is 2.97. The molecule has 0 N–H and O–H groups in total. The molecular formula is C8H12O2. The molecule has 0 aromatic carbocycles. The maximum absolute atomic E-state index is 4.87. The van der Waals surface area contributed by atoms with Crippen molar-refractivity contribution in [1.82, 2.24) is 0 Å². The minimum Gasteiger partial charge on any atom is -0.497 e. The Morgan fingerprint density at radius 3 is 2.20 bits per heavy atom. The molecule has 0 radical (unpaired) electrons. The minimum absolute atomic E-state index is 0.553. The van der Waals surface area contributed by atoms with E-state index in [1.807, 2.05) is 0 Å². The lowest BCUT2D eigenvalue weighted by Crippen LogP contribution is -1.84. The average molecular weight is 140 g/mol. The van der Waals surface area contributed by atoms with Crippen LogP contribution in [0, 0.1) is 0 Å². The molecule has 0 amide bonds. The highest BCUT2D eigenvalue weighted by molar-refractivity contribution is 5.18. The predicted molar refractivity (Wildman–Crippen MR) is 41.4 cm³/mol. The third-order valence-electron chi connectivity index (χ3n) is 1.00. The van der Waals surface area contributed by atoms with Gasteiger partial charge in [-0.3, -0.25) is 0 Å². The Morgan fingerprint density at radius 1 is 1.30 bits per heavy atom. The molecule has 2 nitrogen and oxygen atoms in total. The summed E-state index contributed by atoms with van der Waals surface area (Å²) in [6.45, 7) is 7.11. The molecule has 0 aliphatic heterocycles. The fraction of sp³-hybridized carbons (Fsp3) is 0.250. The van der Waals surface area contributed by atoms with Crippen molar-refractivity contribution in [2.75, 3.05) is 14.2 Å². The van der Waals surface area contributed by atoms with Gasteiger partial charge < -0.3 is 9.47 Å². The zero-order valence-corrected chi connectivity index (χ0v) is 6.39. The summed E-state index contributed by atoms with van der Waals surface area (Å²) in [7, 11) is 3.12. The smallest absolute Gasteiger partial charge is 0.121 e. The van der Waals surface area contributed by atoms with Crippen molar-refractivity contribution < 1.29 is 9.47 Å². The van der Waals surface area contributed by atoms with Crippen LogP contribution in [0.5, 0.6) is 0 Å². The molecule has 0 aliphatic carbocycles. The Bertz CT molecular complexity index is 157. The molecule has 0 fully saturated rings. The second-order valence-corrected chi connectivity index (χ2v) is 1.63. The lowest BCUT2D eigenvalue weighted by Gasteiger charge is -2.00. The van der Waals surface area contributed by atoms with Crippen LogP contribution in [0.4, 0.5) is 0 Å². The van der Waals surface area contributed by atoms with Crippen LogP contribution in [0.15, 0.2) is 36.8 Å². The molecule has 0 heterocycles. The fourth-order valence-electron chi connectivity index (χ4n) is 0.419. The van der Waals surface area contributed by atoms with Crippen molar-refractivity contribution in [3.05, 3.63) is 36.8 Å². The van der Waals surface area contributed by atoms with E-state index in [2.05, 4.69) is 13.2 Å². The predicted octanol–water partition coefficient (Wildman–Crippen LogP) is 1.86. The van der Waals surface area contributed by atoms with Gasteiger partial charge in [-0.1, -0.05) is 13.2 Å². The van der Waals surface area contributed by atoms with Gasteiger partial charge in [0.15, 0.2) is 0 Å². The number of methoxy groups -OCH3 is 2. The van der Waals surface area contributed by atoms with Crippen molar-refractivity contribution in [3.63, 3.8) is 0 Å². The summed E-state index contributed by atoms with van der Waals surface area (Å²) in [5.74, 6) is 1.20. The Labute approximate surface area is 61.5 Å². The topological polar surface area (TPSA) is 18.5 Å². The van der Waals surface area contributed by atoms with E-state index in [-0.39, 0.29) is 0 Å². The van der Waals surface area contributed by atoms with Crippen LogP contribution in [0.3, 0.4) is 0 Å². The van der Waals surface area contributed by atoms with E-state index < -0.39 is 0 Å². The first kappa shape index (κ1) is 8.82. The second-order valence-electron chi connectivity index (χ2n) is 1.63. The van der Waals surface area contributed by atoms with Gasteiger partial charge in [0.1, 0.15) is 11.5 Å². The van der Waals surface area contributed by atoms with Crippen molar-refractivity contribution in [2.24, 2.45) is 0 Å². The van der Waals surface area contributed by atoms with Gasteiger partial charge in [-0.25, -0.2) is 0 Å². The van der Waals surface area contributed by atoms with Gasteiger partial charge >= 0.3 is 0 Å². The number of ether oxygens (including phenoxy) is 2. The Kier molecular flexibility index (Phi) is 4.12. The van der Waals surface area contributed by atoms with Crippen LogP contribution >= 0.6 is 0 Å². The monoisotopic (exact) mass is 140 g/mol. The van der Waals surface area contributed by atoms with Gasteiger partial charge in [0.2, 0.25) is 0 Å². The van der Waals surface area contributed by atoms with Crippen LogP contribution in [-0.4, -0.2) is 14.2 Å². The number of allylic oxidation sites excluding steroid dienone is 2. The summed E-state index contributed by atoms with van der Waals surface area (Å²) in [5.41, 5.74) is 0. The third-order valence-corrected chi connectivity index (χ3v) is 1.00. The fourth-order valence-corrected chi connectivity index (χ4v) is 0.419. The van der Waals surface area contributed by atoms with Crippen LogP contribution < -0.4 is 0 Å². The summed E-state index contributed by atoms with van der Waals surface area (Å²) in [6.07, 6.45) is 3.25. The van der Waals surface area contributed by atoms with Crippen LogP contribution in [0.25, 0.3) is 0 Å². The highest BCUT2D eigenvalue weighted by Gasteiger charge is 1.89. The minimum atomic E-state index is 0.553. The summed E-state index contributed by atoms with van der Waals surface area (Å²) >= 11 is 0. The lowest BCUT2D eigenvalue weighted by molar-refractivity contribution is 0.286. The van der Waals surface area contributed by atoms with Gasteiger partial charge in [-0.05, 0) is 6.08 Å². The van der Waals surface area contributed by atoms with E-state index in [0.717, 1.165) is 0 Å². The molecule has 0 spiro atoms. The summed E-state index contributed by atoms with van der Waals surface area (Å²) < 4.78 is 9.66. The zero-order valence-electron chi connectivity index (χ0n) is 6.39. The summed E-state index contributed by atoms with van der Waals surface area (Å²) in [4.78, 5) is 0. The number of hydrogen-bond acceptors (Lipinski definition) is 2. The normalized spacial score (nSPS) is 10.4. The standard InChI is InChI=1S/C8H12O2/c1-5-8(10-4)6-7(2)9-3/h5-6H,1-2H2,3-4H3. The van der Waals surface area contributed by atoms with Gasteiger partial charge in [-0.15, -0.1) is 0 Å². The number of hydrogen-bond donors (Lipinski definition) is 0. The Morgan fingerprint density at radius 2 is 1.90 bits per heavy atom. The maximum Gasteiger partial charge on any atom is 0.121 e. The van der Waals surface area contributed by atoms with Gasteiger partial charge in [0.25, 0.3) is 0 Å². The number of rotatable bonds is 4. The van der Waals surface area contributed by atoms with E-state index in [9.17, 15) is 0 Å². The molecule has 0 unspecified atom stereocenters. The zero-order chi connectivity index (χ0) is 7.98. The average Bonchev–Trinajstić information content (AvgIpc) is 1.99. The van der Waals surface area contributed by atoms with Gasteiger partial charge in [-0.2, -0.15) is 0 Å². The SMILES string of the molecule is C=CC(=CC(=C)OC)OC. The van der Waals surface area contributed by atoms with Crippen molar-refractivity contribution in [2.45, 2.75) is 0 Å². The van der Waals surface area contributed by atoms with E-state index >= 15 is 0 Å². The van der Waals surface area contributed by atoms with Gasteiger partial charge in [0.05, 0.1) is 14.2 Å². The lowest BCUT2D eigenvalue weighted by atomic mass is 10.4. The van der Waals surface area contributed by atoms with E-state index in [0.29, 0.717) is 11.5 Å². The first-order valence-electron chi connectivity index (χ1n) is 2.85. The Balaban J connectivity index is 4.09. The molecule has 0 aromatic rings. The van der Waals surface area contributed by atoms with E-state index in [1.165, 1.54) is 0 Å². The molecule has 10 heavy (non-hydrogen) atoms. The second kappa shape index (κ2) is 4.68. The van der Waals surface area contributed by atoms with Crippen LogP contribution in [-0.2, 0) is 9.47 Å². The molecule has 2 heteroatoms. The van der Waals surface area contributed by atoms with E-state index in [4.69, 9.17) is 9.47 Å². The largest absolute Gasteiger partial charge is 0.497 e. The highest BCUT2D eigenvalue weighted by atomic mass is 16.5. The molecule has 0 saturated heterocycles. The summed E-state index contributed by atoms with van der Waals surface area (Å²) in [6, 6.07) is 0. The van der Waals surface area contributed by atoms with Crippen LogP contribution in [0.1, 0.15) is 0 Å². The molecular weight excluding hydrogens is 128 g/mol. The maximum atomic E-state index is 4.87. The molecule has 0 saturated carbocycles. The highest BCUT2D eigenvalue weighted by Crippen LogP contribution is 2.01. The molecule has 0 rings (SSSR count). The summed E-state index contributed by atoms with van der Waals surface area (Å²) in [5, 5.41) is 0. The molecule has 0 bridgehead atoms. The van der Waals surface area contributed by atoms with Crippen molar-refractivity contribution in [1.29, 1.82) is 0 Å².